The van der Waals surface area contributed by atoms with Crippen molar-refractivity contribution in [3.05, 3.63) is 194 Å². The lowest BCUT2D eigenvalue weighted by atomic mass is 10.0. The van der Waals surface area contributed by atoms with E-state index in [-0.39, 0.29) is 0 Å². The first-order valence-electron chi connectivity index (χ1n) is 18.1. The van der Waals surface area contributed by atoms with Crippen molar-refractivity contribution >= 4 is 64.3 Å². The van der Waals surface area contributed by atoms with Crippen LogP contribution >= 0.6 is 11.3 Å². The fraction of sp³-hybridized carbons (Fsp3) is 0. The van der Waals surface area contributed by atoms with Crippen LogP contribution < -0.4 is 0 Å². The summed E-state index contributed by atoms with van der Waals surface area (Å²) in [5, 5.41) is 6.44. The maximum absolute atomic E-state index is 2.47. The molecule has 0 amide bonds. The van der Waals surface area contributed by atoms with E-state index in [4.69, 9.17) is 0 Å². The number of benzene rings is 8. The van der Waals surface area contributed by atoms with E-state index in [0.717, 1.165) is 5.69 Å². The summed E-state index contributed by atoms with van der Waals surface area (Å²) < 4.78 is 6.21. The van der Waals surface area contributed by atoms with E-state index in [2.05, 4.69) is 203 Å². The van der Waals surface area contributed by atoms with Crippen LogP contribution in [0.1, 0.15) is 0 Å². The van der Waals surface area contributed by atoms with Gasteiger partial charge in [-0.05, 0) is 82.4 Å². The molecule has 0 unspecified atom stereocenters. The Kier molecular flexibility index (Phi) is 6.76. The Morgan fingerprint density at radius 2 is 0.868 bits per heavy atom. The molecule has 0 fully saturated rings. The Morgan fingerprint density at radius 3 is 1.51 bits per heavy atom. The maximum atomic E-state index is 2.47. The first-order valence-corrected chi connectivity index (χ1v) is 18.9. The highest BCUT2D eigenvalue weighted by Crippen LogP contribution is 2.45. The topological polar surface area (TPSA) is 9.86 Å². The van der Waals surface area contributed by atoms with Crippen molar-refractivity contribution < 1.29 is 0 Å². The molecule has 0 radical (unpaired) electrons. The van der Waals surface area contributed by atoms with Gasteiger partial charge in [-0.2, -0.15) is 0 Å². The fourth-order valence-electron chi connectivity index (χ4n) is 8.31. The van der Waals surface area contributed by atoms with Crippen molar-refractivity contribution in [1.82, 2.24) is 9.13 Å². The summed E-state index contributed by atoms with van der Waals surface area (Å²) in [7, 11) is 0. The second-order valence-electron chi connectivity index (χ2n) is 13.7. The van der Waals surface area contributed by atoms with E-state index < -0.39 is 0 Å². The van der Waals surface area contributed by atoms with Gasteiger partial charge < -0.3 is 9.13 Å². The quantitative estimate of drug-likeness (QED) is 0.170. The Balaban J connectivity index is 1.11. The SMILES string of the molecule is c1ccc(-c2ccc3c(c2)c2cc(-c4ccccc4)ccc2n3-c2ccc(-c3cccc4c5c6ccccc6sc5n(-c5ccccc5)c34)cc2)cc1. The molecule has 0 aliphatic carbocycles. The molecule has 0 saturated heterocycles. The van der Waals surface area contributed by atoms with Gasteiger partial charge in [0.05, 0.1) is 16.6 Å². The van der Waals surface area contributed by atoms with E-state index in [1.54, 1.807) is 0 Å². The normalized spacial score (nSPS) is 11.8. The summed E-state index contributed by atoms with van der Waals surface area (Å²) in [6.45, 7) is 0. The number of thiophene rings is 1. The number of fused-ring (bicyclic) bond motifs is 8. The zero-order valence-corrected chi connectivity index (χ0v) is 29.6. The first-order chi connectivity index (χ1) is 26.3. The summed E-state index contributed by atoms with van der Waals surface area (Å²) in [5.74, 6) is 0. The van der Waals surface area contributed by atoms with Crippen molar-refractivity contribution in [3.63, 3.8) is 0 Å². The molecule has 0 atom stereocenters. The molecule has 2 nitrogen and oxygen atoms in total. The largest absolute Gasteiger partial charge is 0.309 e. The van der Waals surface area contributed by atoms with E-state index >= 15 is 0 Å². The number of rotatable bonds is 5. The molecule has 0 spiro atoms. The smallest absolute Gasteiger partial charge is 0.109 e. The molecule has 11 aromatic rings. The number of aromatic nitrogens is 2. The van der Waals surface area contributed by atoms with Gasteiger partial charge in [0.1, 0.15) is 4.83 Å². The molecule has 0 aliphatic rings. The molecular weight excluding hydrogens is 661 g/mol. The second kappa shape index (κ2) is 11.9. The maximum Gasteiger partial charge on any atom is 0.109 e. The second-order valence-corrected chi connectivity index (χ2v) is 14.8. The van der Waals surface area contributed by atoms with Crippen molar-refractivity contribution in [2.24, 2.45) is 0 Å². The molecule has 0 bridgehead atoms. The highest BCUT2D eigenvalue weighted by atomic mass is 32.1. The minimum absolute atomic E-state index is 1.14. The minimum atomic E-state index is 1.14. The van der Waals surface area contributed by atoms with E-state index in [9.17, 15) is 0 Å². The number of para-hydroxylation sites is 2. The van der Waals surface area contributed by atoms with Crippen LogP contribution in [0.3, 0.4) is 0 Å². The monoisotopic (exact) mass is 692 g/mol. The molecule has 0 N–H and O–H groups in total. The lowest BCUT2D eigenvalue weighted by Gasteiger charge is -2.13. The molecule has 3 heterocycles. The summed E-state index contributed by atoms with van der Waals surface area (Å²) in [4.78, 5) is 1.28. The summed E-state index contributed by atoms with van der Waals surface area (Å²) in [5.41, 5.74) is 13.3. The molecule has 11 rings (SSSR count). The molecule has 248 valence electrons. The van der Waals surface area contributed by atoms with Crippen LogP contribution in [0.4, 0.5) is 0 Å². The molecule has 3 heteroatoms. The zero-order valence-electron chi connectivity index (χ0n) is 28.8. The van der Waals surface area contributed by atoms with Crippen molar-refractivity contribution in [3.8, 4) is 44.8 Å². The van der Waals surface area contributed by atoms with Crippen molar-refractivity contribution in [1.29, 1.82) is 0 Å². The van der Waals surface area contributed by atoms with Crippen LogP contribution in [0.25, 0.3) is 97.8 Å². The number of hydrogen-bond donors (Lipinski definition) is 0. The third kappa shape index (κ3) is 4.71. The number of nitrogens with zero attached hydrogens (tertiary/aromatic N) is 2. The summed E-state index contributed by atoms with van der Waals surface area (Å²) in [6.07, 6.45) is 0. The molecule has 8 aromatic carbocycles. The predicted molar refractivity (Wildman–Crippen MR) is 227 cm³/mol. The average Bonchev–Trinajstić information content (AvgIpc) is 3.88. The van der Waals surface area contributed by atoms with Gasteiger partial charge in [-0.1, -0.05) is 140 Å². The van der Waals surface area contributed by atoms with Gasteiger partial charge in [0.2, 0.25) is 0 Å². The highest BCUT2D eigenvalue weighted by molar-refractivity contribution is 7.25. The Hall–Kier alpha value is -6.68. The van der Waals surface area contributed by atoms with Gasteiger partial charge in [0, 0.05) is 48.6 Å². The van der Waals surface area contributed by atoms with Crippen LogP contribution in [0, 0.1) is 0 Å². The van der Waals surface area contributed by atoms with E-state index in [1.807, 2.05) is 11.3 Å². The van der Waals surface area contributed by atoms with Crippen LogP contribution in [-0.2, 0) is 0 Å². The highest BCUT2D eigenvalue weighted by Gasteiger charge is 2.21. The Labute approximate surface area is 311 Å². The van der Waals surface area contributed by atoms with Gasteiger partial charge in [-0.3, -0.25) is 0 Å². The van der Waals surface area contributed by atoms with E-state index in [0.29, 0.717) is 0 Å². The Bertz CT molecular complexity index is 3030. The molecule has 3 aromatic heterocycles. The van der Waals surface area contributed by atoms with E-state index in [1.165, 1.54) is 92.1 Å². The predicted octanol–water partition coefficient (Wildman–Crippen LogP) is 14.1. The third-order valence-corrected chi connectivity index (χ3v) is 11.9. The molecular formula is C50H32N2S. The lowest BCUT2D eigenvalue weighted by molar-refractivity contribution is 1.18. The number of hydrogen-bond acceptors (Lipinski definition) is 1. The molecule has 0 saturated carbocycles. The van der Waals surface area contributed by atoms with Crippen LogP contribution in [0.5, 0.6) is 0 Å². The van der Waals surface area contributed by atoms with Crippen LogP contribution in [-0.4, -0.2) is 9.13 Å². The standard InChI is InChI=1S/C50H32N2S/c1-4-13-33(14-5-1)36-25-29-45-43(31-36)44-32-37(34-15-6-2-7-16-34)26-30-46(44)51(45)39-27-23-35(24-28-39)40-20-12-21-42-48-41-19-10-11-22-47(41)53-50(48)52(49(40)42)38-17-8-3-9-18-38/h1-32H. The van der Waals surface area contributed by atoms with Gasteiger partial charge in [-0.25, -0.2) is 0 Å². The molecule has 0 aliphatic heterocycles. The minimum Gasteiger partial charge on any atom is -0.309 e. The van der Waals surface area contributed by atoms with Gasteiger partial charge in [0.15, 0.2) is 0 Å². The van der Waals surface area contributed by atoms with Crippen molar-refractivity contribution in [2.45, 2.75) is 0 Å². The Morgan fingerprint density at radius 1 is 0.340 bits per heavy atom. The summed E-state index contributed by atoms with van der Waals surface area (Å²) in [6, 6.07) is 70.7. The van der Waals surface area contributed by atoms with Crippen LogP contribution in [0.2, 0.25) is 0 Å². The lowest BCUT2D eigenvalue weighted by Crippen LogP contribution is -1.96. The van der Waals surface area contributed by atoms with Crippen LogP contribution in [0.15, 0.2) is 194 Å². The van der Waals surface area contributed by atoms with Gasteiger partial charge in [0.25, 0.3) is 0 Å². The summed E-state index contributed by atoms with van der Waals surface area (Å²) >= 11 is 1.87. The first kappa shape index (κ1) is 30.0. The fourth-order valence-corrected chi connectivity index (χ4v) is 9.55. The van der Waals surface area contributed by atoms with Gasteiger partial charge in [-0.15, -0.1) is 11.3 Å². The third-order valence-electron chi connectivity index (χ3n) is 10.7. The van der Waals surface area contributed by atoms with Gasteiger partial charge >= 0.3 is 0 Å². The average molecular weight is 693 g/mol. The van der Waals surface area contributed by atoms with Crippen molar-refractivity contribution in [2.75, 3.05) is 0 Å². The molecule has 53 heavy (non-hydrogen) atoms. The zero-order chi connectivity index (χ0) is 34.9.